The molecule has 1 nitrogen and oxygen atoms in total. The van der Waals surface area contributed by atoms with Crippen molar-refractivity contribution in [3.05, 3.63) is 0 Å². The molecule has 1 saturated carbocycles. The number of hydrogen-bond acceptors (Lipinski definition) is 1. The topological polar surface area (TPSA) is 23.8 Å². The van der Waals surface area contributed by atoms with Crippen molar-refractivity contribution < 1.29 is 0 Å². The minimum atomic E-state index is 0.356. The Hall–Kier alpha value is -0.510. The summed E-state index contributed by atoms with van der Waals surface area (Å²) in [4.78, 5) is 0. The van der Waals surface area contributed by atoms with Gasteiger partial charge >= 0.3 is 0 Å². The molecule has 0 saturated heterocycles. The lowest BCUT2D eigenvalue weighted by Crippen LogP contribution is -1.98. The fraction of sp³-hybridized carbons (Fsp3) is 0.923. The lowest BCUT2D eigenvalue weighted by atomic mass is 9.94. The first kappa shape index (κ1) is 11.6. The SMILES string of the molecule is N#CC1CCCCCCCCCCC1. The molecule has 0 aromatic carbocycles. The van der Waals surface area contributed by atoms with Gasteiger partial charge in [-0.1, -0.05) is 57.8 Å². The first-order chi connectivity index (χ1) is 6.93. The van der Waals surface area contributed by atoms with Crippen LogP contribution in [0.15, 0.2) is 0 Å². The third-order valence-electron chi connectivity index (χ3n) is 3.29. The van der Waals surface area contributed by atoms with E-state index in [0.29, 0.717) is 5.92 Å². The molecule has 80 valence electrons. The van der Waals surface area contributed by atoms with Crippen LogP contribution in [0.3, 0.4) is 0 Å². The van der Waals surface area contributed by atoms with E-state index in [1.165, 1.54) is 57.8 Å². The Balaban J connectivity index is 2.21. The molecule has 14 heavy (non-hydrogen) atoms. The Kier molecular flexibility index (Phi) is 6.49. The Morgan fingerprint density at radius 2 is 1.00 bits per heavy atom. The molecule has 0 bridgehead atoms. The van der Waals surface area contributed by atoms with Gasteiger partial charge in [-0.3, -0.25) is 0 Å². The molecule has 0 heterocycles. The Morgan fingerprint density at radius 1 is 0.643 bits per heavy atom. The van der Waals surface area contributed by atoms with Crippen LogP contribution in [-0.2, 0) is 0 Å². The van der Waals surface area contributed by atoms with Crippen molar-refractivity contribution in [1.82, 2.24) is 0 Å². The number of nitrogens with zero attached hydrogens (tertiary/aromatic N) is 1. The number of hydrogen-bond donors (Lipinski definition) is 0. The van der Waals surface area contributed by atoms with E-state index in [0.717, 1.165) is 12.8 Å². The first-order valence-corrected chi connectivity index (χ1v) is 6.33. The van der Waals surface area contributed by atoms with Gasteiger partial charge in [0, 0.05) is 5.92 Å². The third-order valence-corrected chi connectivity index (χ3v) is 3.29. The van der Waals surface area contributed by atoms with Crippen LogP contribution in [0.4, 0.5) is 0 Å². The minimum Gasteiger partial charge on any atom is -0.198 e. The van der Waals surface area contributed by atoms with Crippen LogP contribution in [0.2, 0.25) is 0 Å². The van der Waals surface area contributed by atoms with Crippen LogP contribution in [0, 0.1) is 17.2 Å². The van der Waals surface area contributed by atoms with Crippen LogP contribution in [0.5, 0.6) is 0 Å². The van der Waals surface area contributed by atoms with Gasteiger partial charge in [-0.25, -0.2) is 0 Å². The predicted molar refractivity (Wildman–Crippen MR) is 59.9 cm³/mol. The maximum Gasteiger partial charge on any atom is 0.0655 e. The Morgan fingerprint density at radius 3 is 1.36 bits per heavy atom. The number of nitriles is 1. The Bertz CT molecular complexity index is 157. The van der Waals surface area contributed by atoms with E-state index in [4.69, 9.17) is 5.26 Å². The molecule has 1 fully saturated rings. The molecule has 1 heteroatoms. The molecule has 1 rings (SSSR count). The molecule has 0 aliphatic heterocycles. The first-order valence-electron chi connectivity index (χ1n) is 6.33. The van der Waals surface area contributed by atoms with Crippen molar-refractivity contribution in [2.24, 2.45) is 5.92 Å². The fourth-order valence-electron chi connectivity index (χ4n) is 2.29. The average molecular weight is 193 g/mol. The second-order valence-corrected chi connectivity index (χ2v) is 4.59. The predicted octanol–water partition coefficient (Wildman–Crippen LogP) is 4.43. The summed E-state index contributed by atoms with van der Waals surface area (Å²) in [5, 5.41) is 8.95. The quantitative estimate of drug-likeness (QED) is 0.558. The van der Waals surface area contributed by atoms with Gasteiger partial charge in [0.2, 0.25) is 0 Å². The van der Waals surface area contributed by atoms with Gasteiger partial charge < -0.3 is 0 Å². The maximum atomic E-state index is 8.95. The fourth-order valence-corrected chi connectivity index (χ4v) is 2.29. The molecule has 1 aliphatic carbocycles. The highest BCUT2D eigenvalue weighted by Crippen LogP contribution is 2.20. The van der Waals surface area contributed by atoms with E-state index in [2.05, 4.69) is 6.07 Å². The summed E-state index contributed by atoms with van der Waals surface area (Å²) < 4.78 is 0. The second kappa shape index (κ2) is 7.85. The lowest BCUT2D eigenvalue weighted by molar-refractivity contribution is 0.455. The summed E-state index contributed by atoms with van der Waals surface area (Å²) >= 11 is 0. The monoisotopic (exact) mass is 193 g/mol. The minimum absolute atomic E-state index is 0.356. The van der Waals surface area contributed by atoms with Gasteiger partial charge in [0.25, 0.3) is 0 Å². The van der Waals surface area contributed by atoms with Crippen molar-refractivity contribution in [2.45, 2.75) is 70.6 Å². The summed E-state index contributed by atoms with van der Waals surface area (Å²) in [5.41, 5.74) is 0. The Labute approximate surface area is 88.5 Å². The normalized spacial score (nSPS) is 23.1. The zero-order valence-corrected chi connectivity index (χ0v) is 9.30. The molecule has 0 amide bonds. The van der Waals surface area contributed by atoms with Crippen LogP contribution in [0.25, 0.3) is 0 Å². The van der Waals surface area contributed by atoms with Crippen molar-refractivity contribution in [3.8, 4) is 6.07 Å². The largest absolute Gasteiger partial charge is 0.198 e. The molecular weight excluding hydrogens is 170 g/mol. The summed E-state index contributed by atoms with van der Waals surface area (Å²) in [6.45, 7) is 0. The summed E-state index contributed by atoms with van der Waals surface area (Å²) in [6, 6.07) is 2.46. The standard InChI is InChI=1S/C13H23N/c14-12-13-10-8-6-4-2-1-3-5-7-9-11-13/h13H,1-11H2. The van der Waals surface area contributed by atoms with E-state index in [1.807, 2.05) is 0 Å². The van der Waals surface area contributed by atoms with Crippen molar-refractivity contribution in [1.29, 1.82) is 5.26 Å². The van der Waals surface area contributed by atoms with E-state index in [1.54, 1.807) is 0 Å². The van der Waals surface area contributed by atoms with E-state index in [9.17, 15) is 0 Å². The third kappa shape index (κ3) is 5.27. The number of rotatable bonds is 0. The van der Waals surface area contributed by atoms with Crippen LogP contribution in [-0.4, -0.2) is 0 Å². The summed E-state index contributed by atoms with van der Waals surface area (Å²) in [5.74, 6) is 0.356. The summed E-state index contributed by atoms with van der Waals surface area (Å²) in [7, 11) is 0. The smallest absolute Gasteiger partial charge is 0.0655 e. The van der Waals surface area contributed by atoms with Crippen molar-refractivity contribution in [2.75, 3.05) is 0 Å². The maximum absolute atomic E-state index is 8.95. The average Bonchev–Trinajstić information content (AvgIpc) is 2.19. The highest BCUT2D eigenvalue weighted by molar-refractivity contribution is 4.82. The molecule has 0 spiro atoms. The molecule has 1 aliphatic rings. The van der Waals surface area contributed by atoms with Crippen LogP contribution in [0.1, 0.15) is 70.6 Å². The zero-order chi connectivity index (χ0) is 10.1. The van der Waals surface area contributed by atoms with Gasteiger partial charge in [0.15, 0.2) is 0 Å². The van der Waals surface area contributed by atoms with E-state index >= 15 is 0 Å². The summed E-state index contributed by atoms with van der Waals surface area (Å²) in [6.07, 6.45) is 14.6. The highest BCUT2D eigenvalue weighted by Gasteiger charge is 2.07. The molecule has 0 unspecified atom stereocenters. The van der Waals surface area contributed by atoms with Crippen LogP contribution < -0.4 is 0 Å². The lowest BCUT2D eigenvalue weighted by Gasteiger charge is -2.10. The van der Waals surface area contributed by atoms with Gasteiger partial charge in [0.1, 0.15) is 0 Å². The molecule has 0 N–H and O–H groups in total. The zero-order valence-electron chi connectivity index (χ0n) is 9.30. The molecule has 0 aromatic heterocycles. The second-order valence-electron chi connectivity index (χ2n) is 4.59. The van der Waals surface area contributed by atoms with Gasteiger partial charge in [0.05, 0.1) is 6.07 Å². The van der Waals surface area contributed by atoms with Gasteiger partial charge in [-0.15, -0.1) is 0 Å². The van der Waals surface area contributed by atoms with E-state index < -0.39 is 0 Å². The van der Waals surface area contributed by atoms with E-state index in [-0.39, 0.29) is 0 Å². The highest BCUT2D eigenvalue weighted by atomic mass is 14.3. The molecular formula is C13H23N. The van der Waals surface area contributed by atoms with Gasteiger partial charge in [-0.2, -0.15) is 5.26 Å². The molecule has 0 aromatic rings. The van der Waals surface area contributed by atoms with Crippen molar-refractivity contribution >= 4 is 0 Å². The van der Waals surface area contributed by atoms with Crippen molar-refractivity contribution in [3.63, 3.8) is 0 Å². The molecule has 0 atom stereocenters. The van der Waals surface area contributed by atoms with Crippen LogP contribution >= 0.6 is 0 Å². The molecule has 0 radical (unpaired) electrons. The van der Waals surface area contributed by atoms with Gasteiger partial charge in [-0.05, 0) is 12.8 Å².